The Morgan fingerprint density at radius 1 is 1.37 bits per heavy atom. The number of aromatic nitrogens is 2. The molecule has 2 rings (SSSR count). The second-order valence-electron chi connectivity index (χ2n) is 5.43. The lowest BCUT2D eigenvalue weighted by molar-refractivity contribution is -0.141. The largest absolute Gasteiger partial charge is 0.481 e. The molecule has 1 aliphatic rings. The smallest absolute Gasteiger partial charge is 0.305 e. The predicted molar refractivity (Wildman–Crippen MR) is 68.6 cm³/mol. The Labute approximate surface area is 112 Å². The third-order valence-electron chi connectivity index (χ3n) is 4.01. The molecular formula is C13H21N3O3. The Kier molecular flexibility index (Phi) is 4.19. The zero-order chi connectivity index (χ0) is 13.9. The van der Waals surface area contributed by atoms with E-state index in [-0.39, 0.29) is 12.0 Å². The van der Waals surface area contributed by atoms with Crippen molar-refractivity contribution in [3.63, 3.8) is 0 Å². The Hall–Kier alpha value is -1.43. The summed E-state index contributed by atoms with van der Waals surface area (Å²) in [6.45, 7) is 2.26. The second kappa shape index (κ2) is 5.69. The van der Waals surface area contributed by atoms with Gasteiger partial charge in [-0.25, -0.2) is 0 Å². The molecule has 106 valence electrons. The molecule has 0 atom stereocenters. The van der Waals surface area contributed by atoms with Gasteiger partial charge in [0.25, 0.3) is 0 Å². The van der Waals surface area contributed by atoms with E-state index in [4.69, 9.17) is 4.42 Å². The number of carboxylic acids is 1. The lowest BCUT2D eigenvalue weighted by Gasteiger charge is -2.43. The molecule has 0 saturated heterocycles. The maximum atomic E-state index is 11.2. The van der Waals surface area contributed by atoms with Crippen LogP contribution in [0.1, 0.15) is 50.3 Å². The van der Waals surface area contributed by atoms with Crippen LogP contribution in [-0.2, 0) is 11.3 Å². The molecule has 0 bridgehead atoms. The molecule has 1 fully saturated rings. The van der Waals surface area contributed by atoms with E-state index in [0.29, 0.717) is 18.3 Å². The van der Waals surface area contributed by atoms with Crippen molar-refractivity contribution < 1.29 is 14.3 Å². The molecule has 0 spiro atoms. The van der Waals surface area contributed by atoms with Gasteiger partial charge in [-0.15, -0.1) is 10.2 Å². The highest BCUT2D eigenvalue weighted by Gasteiger charge is 2.38. The van der Waals surface area contributed by atoms with E-state index < -0.39 is 5.97 Å². The molecule has 1 aromatic rings. The fourth-order valence-corrected chi connectivity index (χ4v) is 2.96. The molecule has 6 nitrogen and oxygen atoms in total. The summed E-state index contributed by atoms with van der Waals surface area (Å²) in [6.07, 6.45) is 5.37. The summed E-state index contributed by atoms with van der Waals surface area (Å²) in [5.74, 6) is 0.352. The van der Waals surface area contributed by atoms with Crippen LogP contribution in [0.5, 0.6) is 0 Å². The zero-order valence-corrected chi connectivity index (χ0v) is 11.6. The van der Waals surface area contributed by atoms with Crippen LogP contribution in [0, 0.1) is 6.92 Å². The summed E-state index contributed by atoms with van der Waals surface area (Å²) < 4.78 is 5.38. The average Bonchev–Trinajstić information content (AvgIpc) is 2.75. The molecule has 0 unspecified atom stereocenters. The first-order valence-electron chi connectivity index (χ1n) is 6.74. The van der Waals surface area contributed by atoms with Crippen molar-refractivity contribution in [2.75, 3.05) is 7.05 Å². The number of aryl methyl sites for hydroxylation is 1. The topological polar surface area (TPSA) is 79.5 Å². The molecule has 0 amide bonds. The van der Waals surface area contributed by atoms with E-state index in [9.17, 15) is 9.90 Å². The molecule has 1 aromatic heterocycles. The molecule has 1 aliphatic carbocycles. The molecule has 0 radical (unpaired) electrons. The molecule has 1 saturated carbocycles. The van der Waals surface area contributed by atoms with E-state index in [1.54, 1.807) is 6.92 Å². The monoisotopic (exact) mass is 267 g/mol. The average molecular weight is 267 g/mol. The summed E-state index contributed by atoms with van der Waals surface area (Å²) in [5.41, 5.74) is -0.271. The number of carboxylic acid groups (broad SMARTS) is 1. The van der Waals surface area contributed by atoms with E-state index in [2.05, 4.69) is 15.1 Å². The SMILES string of the molecule is Cc1nnc(CN(C)C2(CC(=O)O)CCCCC2)o1. The number of hydrogen-bond acceptors (Lipinski definition) is 5. The van der Waals surface area contributed by atoms with Crippen molar-refractivity contribution in [2.45, 2.75) is 57.5 Å². The van der Waals surface area contributed by atoms with E-state index in [0.717, 1.165) is 25.7 Å². The predicted octanol–water partition coefficient (Wildman–Crippen LogP) is 1.99. The first kappa shape index (κ1) is 14.0. The van der Waals surface area contributed by atoms with Gasteiger partial charge in [0.1, 0.15) is 0 Å². The number of hydrogen-bond donors (Lipinski definition) is 1. The fraction of sp³-hybridized carbons (Fsp3) is 0.769. The van der Waals surface area contributed by atoms with Crippen molar-refractivity contribution >= 4 is 5.97 Å². The van der Waals surface area contributed by atoms with Crippen LogP contribution in [0.4, 0.5) is 0 Å². The minimum Gasteiger partial charge on any atom is -0.481 e. The lowest BCUT2D eigenvalue weighted by Crippen LogP contribution is -2.49. The van der Waals surface area contributed by atoms with Gasteiger partial charge < -0.3 is 9.52 Å². The van der Waals surface area contributed by atoms with Crippen molar-refractivity contribution in [1.29, 1.82) is 0 Å². The number of aliphatic carboxylic acids is 1. The summed E-state index contributed by atoms with van der Waals surface area (Å²) in [4.78, 5) is 13.2. The Morgan fingerprint density at radius 3 is 2.58 bits per heavy atom. The van der Waals surface area contributed by atoms with Crippen LogP contribution in [0.2, 0.25) is 0 Å². The van der Waals surface area contributed by atoms with Crippen LogP contribution in [-0.4, -0.2) is 38.8 Å². The van der Waals surface area contributed by atoms with Gasteiger partial charge in [0.2, 0.25) is 11.8 Å². The maximum absolute atomic E-state index is 11.2. The van der Waals surface area contributed by atoms with Crippen LogP contribution >= 0.6 is 0 Å². The van der Waals surface area contributed by atoms with E-state index in [1.165, 1.54) is 6.42 Å². The molecule has 19 heavy (non-hydrogen) atoms. The van der Waals surface area contributed by atoms with Crippen LogP contribution in [0.25, 0.3) is 0 Å². The minimum absolute atomic E-state index is 0.177. The number of rotatable bonds is 5. The van der Waals surface area contributed by atoms with Crippen molar-refractivity contribution in [2.24, 2.45) is 0 Å². The normalized spacial score (nSPS) is 18.7. The van der Waals surface area contributed by atoms with Gasteiger partial charge in [-0.05, 0) is 19.9 Å². The molecular weight excluding hydrogens is 246 g/mol. The minimum atomic E-state index is -0.740. The molecule has 1 heterocycles. The standard InChI is InChI=1S/C13H21N3O3/c1-10-14-15-11(19-10)9-16(2)13(8-12(17)18)6-4-3-5-7-13/h3-9H2,1-2H3,(H,17,18). The van der Waals surface area contributed by atoms with Gasteiger partial charge in [-0.3, -0.25) is 9.69 Å². The van der Waals surface area contributed by atoms with Gasteiger partial charge in [-0.1, -0.05) is 19.3 Å². The Bertz CT molecular complexity index is 438. The van der Waals surface area contributed by atoms with Crippen LogP contribution in [0.15, 0.2) is 4.42 Å². The first-order valence-corrected chi connectivity index (χ1v) is 6.74. The molecule has 6 heteroatoms. The molecule has 0 aliphatic heterocycles. The van der Waals surface area contributed by atoms with Crippen molar-refractivity contribution in [3.05, 3.63) is 11.8 Å². The first-order chi connectivity index (χ1) is 9.02. The summed E-state index contributed by atoms with van der Waals surface area (Å²) in [5, 5.41) is 17.0. The third-order valence-corrected chi connectivity index (χ3v) is 4.01. The van der Waals surface area contributed by atoms with Gasteiger partial charge in [0, 0.05) is 12.5 Å². The number of carbonyl (C=O) groups is 1. The summed E-state index contributed by atoms with van der Waals surface area (Å²) in [6, 6.07) is 0. The third kappa shape index (κ3) is 3.32. The van der Waals surface area contributed by atoms with E-state index in [1.807, 2.05) is 7.05 Å². The van der Waals surface area contributed by atoms with Crippen molar-refractivity contribution in [3.8, 4) is 0 Å². The van der Waals surface area contributed by atoms with Gasteiger partial charge in [0.05, 0.1) is 13.0 Å². The molecule has 1 N–H and O–H groups in total. The second-order valence-corrected chi connectivity index (χ2v) is 5.43. The highest BCUT2D eigenvalue weighted by molar-refractivity contribution is 5.68. The zero-order valence-electron chi connectivity index (χ0n) is 11.6. The Balaban J connectivity index is 2.10. The fourth-order valence-electron chi connectivity index (χ4n) is 2.96. The summed E-state index contributed by atoms with van der Waals surface area (Å²) in [7, 11) is 1.95. The maximum Gasteiger partial charge on any atom is 0.305 e. The summed E-state index contributed by atoms with van der Waals surface area (Å²) >= 11 is 0. The number of nitrogens with zero attached hydrogens (tertiary/aromatic N) is 3. The highest BCUT2D eigenvalue weighted by atomic mass is 16.4. The van der Waals surface area contributed by atoms with Crippen LogP contribution in [0.3, 0.4) is 0 Å². The van der Waals surface area contributed by atoms with Gasteiger partial charge in [0.15, 0.2) is 0 Å². The van der Waals surface area contributed by atoms with Crippen LogP contribution < -0.4 is 0 Å². The van der Waals surface area contributed by atoms with E-state index >= 15 is 0 Å². The van der Waals surface area contributed by atoms with Crippen molar-refractivity contribution in [1.82, 2.24) is 15.1 Å². The lowest BCUT2D eigenvalue weighted by atomic mass is 9.78. The van der Waals surface area contributed by atoms with Gasteiger partial charge in [-0.2, -0.15) is 0 Å². The quantitative estimate of drug-likeness (QED) is 0.878. The van der Waals surface area contributed by atoms with Gasteiger partial charge >= 0.3 is 5.97 Å². The Morgan fingerprint density at radius 2 is 2.05 bits per heavy atom. The molecule has 0 aromatic carbocycles. The highest BCUT2D eigenvalue weighted by Crippen LogP contribution is 2.36.